The Kier molecular flexibility index (Phi) is 12.5. The number of nitrogens with two attached hydrogens (primary N) is 1. The molecule has 14 heteroatoms. The molecule has 0 atom stereocenters. The molecule has 0 aliphatic heterocycles. The summed E-state index contributed by atoms with van der Waals surface area (Å²) in [7, 11) is 0. The lowest BCUT2D eigenvalue weighted by molar-refractivity contribution is -0.144. The zero-order valence-electron chi connectivity index (χ0n) is 28.6. The Morgan fingerprint density at radius 3 is 1.28 bits per heavy atom. The lowest BCUT2D eigenvalue weighted by Gasteiger charge is -2.18. The molecule has 2 aromatic carbocycles. The molecule has 0 bridgehead atoms. The quantitative estimate of drug-likeness (QED) is 0.0803. The molecule has 0 aliphatic carbocycles. The first-order valence-electron chi connectivity index (χ1n) is 16.6. The van der Waals surface area contributed by atoms with E-state index in [9.17, 15) is 39.6 Å². The number of hydrogen-bond donors (Lipinski definition) is 5. The summed E-state index contributed by atoms with van der Waals surface area (Å²) in [6.07, 6.45) is 1.67. The highest BCUT2D eigenvalue weighted by Crippen LogP contribution is 2.30. The van der Waals surface area contributed by atoms with Crippen LogP contribution in [0.2, 0.25) is 0 Å². The van der Waals surface area contributed by atoms with Gasteiger partial charge in [0, 0.05) is 18.8 Å². The molecule has 0 fully saturated rings. The van der Waals surface area contributed by atoms with Gasteiger partial charge in [-0.15, -0.1) is 0 Å². The van der Waals surface area contributed by atoms with Crippen LogP contribution in [0.4, 0.5) is 5.69 Å². The first kappa shape index (κ1) is 37.7. The Bertz CT molecular complexity index is 1960. The second kappa shape index (κ2) is 17.6. The molecular formula is C39H38N6O8. The van der Waals surface area contributed by atoms with E-state index in [4.69, 9.17) is 20.7 Å². The summed E-state index contributed by atoms with van der Waals surface area (Å²) in [6, 6.07) is 30.0. The predicted octanol–water partition coefficient (Wildman–Crippen LogP) is 4.18. The molecule has 0 unspecified atom stereocenters. The highest BCUT2D eigenvalue weighted by Gasteiger charge is 2.18. The number of aliphatic carboxylic acids is 4. The summed E-state index contributed by atoms with van der Waals surface area (Å²) >= 11 is 0. The average Bonchev–Trinajstić information content (AvgIpc) is 3.10. The standard InChI is InChI=1S/C39H38N6O8/c40-29-15-11-26(12-16-29)8-7-25-9-13-27(14-10-25)28-17-34(32-5-1-3-30(41-32)19-44(21-36(46)47)22-37(48)49)43-35(18-28)33-6-2-4-31(42-33)20-45(23-38(50)51)24-39(52)53/h1-6,9-18H,7-8,19-24,40H2,(H,46,47)(H,48,49)(H,50,51)(H,52,53). The predicted molar refractivity (Wildman–Crippen MR) is 195 cm³/mol. The minimum Gasteiger partial charge on any atom is -0.480 e. The van der Waals surface area contributed by atoms with E-state index in [1.165, 1.54) is 15.4 Å². The fourth-order valence-corrected chi connectivity index (χ4v) is 5.78. The lowest BCUT2D eigenvalue weighted by Crippen LogP contribution is -2.34. The minimum atomic E-state index is -1.17. The Labute approximate surface area is 304 Å². The normalized spacial score (nSPS) is 11.1. The summed E-state index contributed by atoms with van der Waals surface area (Å²) in [5.74, 6) is -4.66. The second-order valence-corrected chi connectivity index (χ2v) is 12.5. The molecule has 0 spiro atoms. The summed E-state index contributed by atoms with van der Waals surface area (Å²) in [5, 5.41) is 37.2. The van der Waals surface area contributed by atoms with Crippen molar-refractivity contribution in [1.82, 2.24) is 24.8 Å². The van der Waals surface area contributed by atoms with Crippen molar-refractivity contribution in [2.75, 3.05) is 31.9 Å². The first-order valence-corrected chi connectivity index (χ1v) is 16.6. The van der Waals surface area contributed by atoms with E-state index < -0.39 is 50.1 Å². The van der Waals surface area contributed by atoms with Crippen molar-refractivity contribution in [3.63, 3.8) is 0 Å². The molecule has 5 rings (SSSR count). The number of pyridine rings is 3. The SMILES string of the molecule is Nc1ccc(CCc2ccc(-c3cc(-c4cccc(CN(CC(=O)O)CC(=O)O)n4)nc(-c4cccc(CN(CC(=O)O)CC(=O)O)n4)c3)cc2)cc1. The number of aromatic nitrogens is 3. The van der Waals surface area contributed by atoms with Gasteiger partial charge in [0.1, 0.15) is 0 Å². The van der Waals surface area contributed by atoms with Gasteiger partial charge in [-0.1, -0.05) is 48.5 Å². The van der Waals surface area contributed by atoms with E-state index in [2.05, 4.69) is 12.1 Å². The maximum Gasteiger partial charge on any atom is 0.317 e. The highest BCUT2D eigenvalue weighted by atomic mass is 16.4. The van der Waals surface area contributed by atoms with Gasteiger partial charge >= 0.3 is 23.9 Å². The van der Waals surface area contributed by atoms with Gasteiger partial charge < -0.3 is 26.2 Å². The van der Waals surface area contributed by atoms with Crippen molar-refractivity contribution in [2.45, 2.75) is 25.9 Å². The average molecular weight is 719 g/mol. The third-order valence-corrected chi connectivity index (χ3v) is 8.14. The van der Waals surface area contributed by atoms with Crippen LogP contribution in [0.25, 0.3) is 33.9 Å². The molecule has 0 aliphatic rings. The minimum absolute atomic E-state index is 0.0242. The Balaban J connectivity index is 1.50. The molecule has 3 aromatic heterocycles. The number of aryl methyl sites for hydroxylation is 2. The Hall–Kier alpha value is -6.51. The van der Waals surface area contributed by atoms with Crippen molar-refractivity contribution in [3.05, 3.63) is 120 Å². The molecule has 3 heterocycles. The largest absolute Gasteiger partial charge is 0.480 e. The second-order valence-electron chi connectivity index (χ2n) is 12.5. The molecule has 272 valence electrons. The Morgan fingerprint density at radius 2 is 0.887 bits per heavy atom. The van der Waals surface area contributed by atoms with Gasteiger partial charge in [0.25, 0.3) is 0 Å². The van der Waals surface area contributed by atoms with E-state index >= 15 is 0 Å². The Morgan fingerprint density at radius 1 is 0.491 bits per heavy atom. The maximum absolute atomic E-state index is 11.4. The molecule has 0 saturated heterocycles. The monoisotopic (exact) mass is 718 g/mol. The number of carboxylic acid groups (broad SMARTS) is 4. The fraction of sp³-hybridized carbons (Fsp3) is 0.205. The van der Waals surface area contributed by atoms with Gasteiger partial charge in [-0.05, 0) is 83.6 Å². The van der Waals surface area contributed by atoms with Crippen molar-refractivity contribution >= 4 is 29.6 Å². The van der Waals surface area contributed by atoms with Crippen LogP contribution in [0.1, 0.15) is 22.5 Å². The lowest BCUT2D eigenvalue weighted by atomic mass is 9.99. The van der Waals surface area contributed by atoms with Crippen LogP contribution in [-0.2, 0) is 45.1 Å². The zero-order chi connectivity index (χ0) is 37.9. The van der Waals surface area contributed by atoms with E-state index in [0.717, 1.165) is 35.2 Å². The molecule has 0 saturated carbocycles. The van der Waals surface area contributed by atoms with Crippen molar-refractivity contribution in [3.8, 4) is 33.9 Å². The number of carbonyl (C=O) groups is 4. The zero-order valence-corrected chi connectivity index (χ0v) is 28.6. The van der Waals surface area contributed by atoms with Crippen LogP contribution in [-0.4, -0.2) is 95.2 Å². The van der Waals surface area contributed by atoms with Gasteiger partial charge in [-0.25, -0.2) is 15.0 Å². The van der Waals surface area contributed by atoms with Crippen molar-refractivity contribution in [1.29, 1.82) is 0 Å². The number of carboxylic acids is 4. The molecular weight excluding hydrogens is 680 g/mol. The number of anilines is 1. The summed E-state index contributed by atoms with van der Waals surface area (Å²) in [5.41, 5.74) is 13.3. The molecule has 6 N–H and O–H groups in total. The molecule has 5 aromatic rings. The molecule has 0 amide bonds. The van der Waals surface area contributed by atoms with Crippen molar-refractivity contribution < 1.29 is 39.6 Å². The van der Waals surface area contributed by atoms with Crippen LogP contribution < -0.4 is 5.73 Å². The van der Waals surface area contributed by atoms with Gasteiger partial charge in [-0.2, -0.15) is 0 Å². The molecule has 0 radical (unpaired) electrons. The number of rotatable bonds is 18. The fourth-order valence-electron chi connectivity index (χ4n) is 5.78. The van der Waals surface area contributed by atoms with Gasteiger partial charge in [-0.3, -0.25) is 29.0 Å². The third-order valence-electron chi connectivity index (χ3n) is 8.14. The van der Waals surface area contributed by atoms with Crippen LogP contribution in [0.5, 0.6) is 0 Å². The highest BCUT2D eigenvalue weighted by molar-refractivity contribution is 5.76. The van der Waals surface area contributed by atoms with Crippen LogP contribution in [0.15, 0.2) is 97.1 Å². The van der Waals surface area contributed by atoms with Crippen LogP contribution >= 0.6 is 0 Å². The molecule has 53 heavy (non-hydrogen) atoms. The number of nitrogens with zero attached hydrogens (tertiary/aromatic N) is 5. The summed E-state index contributed by atoms with van der Waals surface area (Å²) < 4.78 is 0. The van der Waals surface area contributed by atoms with Gasteiger partial charge in [0.2, 0.25) is 0 Å². The molecule has 14 nitrogen and oxygen atoms in total. The third kappa shape index (κ3) is 11.5. The number of hydrogen-bond acceptors (Lipinski definition) is 10. The van der Waals surface area contributed by atoms with Crippen LogP contribution in [0, 0.1) is 0 Å². The topological polar surface area (TPSA) is 220 Å². The van der Waals surface area contributed by atoms with Crippen LogP contribution in [0.3, 0.4) is 0 Å². The van der Waals surface area contributed by atoms with E-state index in [-0.39, 0.29) is 13.1 Å². The van der Waals surface area contributed by atoms with Gasteiger partial charge in [0.15, 0.2) is 0 Å². The summed E-state index contributed by atoms with van der Waals surface area (Å²) in [6.45, 7) is -1.98. The number of nitrogen functional groups attached to an aromatic ring is 1. The van der Waals surface area contributed by atoms with E-state index in [1.54, 1.807) is 36.4 Å². The van der Waals surface area contributed by atoms with Crippen molar-refractivity contribution in [2.24, 2.45) is 0 Å². The smallest absolute Gasteiger partial charge is 0.317 e. The van der Waals surface area contributed by atoms with E-state index in [0.29, 0.717) is 34.2 Å². The first-order chi connectivity index (χ1) is 25.4. The van der Waals surface area contributed by atoms with E-state index in [1.807, 2.05) is 48.5 Å². The number of benzene rings is 2. The summed E-state index contributed by atoms with van der Waals surface area (Å²) in [4.78, 5) is 62.4. The maximum atomic E-state index is 11.4. The van der Waals surface area contributed by atoms with Gasteiger partial charge in [0.05, 0.1) is 60.3 Å².